The predicted molar refractivity (Wildman–Crippen MR) is 121 cm³/mol. The first-order chi connectivity index (χ1) is 15.2. The van der Waals surface area contributed by atoms with Gasteiger partial charge in [-0.1, -0.05) is 60.3 Å². The number of carbonyl (C=O) groups excluding carboxylic acids is 1. The van der Waals surface area contributed by atoms with Gasteiger partial charge >= 0.3 is 0 Å². The average Bonchev–Trinajstić information content (AvgIpc) is 3.26. The number of carbonyl (C=O) groups is 1. The molecule has 1 aliphatic heterocycles. The molecule has 0 unspecified atom stereocenters. The third-order valence-electron chi connectivity index (χ3n) is 5.22. The van der Waals surface area contributed by atoms with Crippen molar-refractivity contribution >= 4 is 17.7 Å². The summed E-state index contributed by atoms with van der Waals surface area (Å²) in [5.41, 5.74) is 3.44. The molecule has 2 heterocycles. The molecule has 0 spiro atoms. The number of ether oxygens (including phenoxy) is 1. The molecule has 0 bridgehead atoms. The van der Waals surface area contributed by atoms with Gasteiger partial charge in [-0.25, -0.2) is 0 Å². The van der Waals surface area contributed by atoms with Crippen LogP contribution < -0.4 is 5.32 Å². The number of hydrogen-bond acceptors (Lipinski definition) is 6. The number of morpholine rings is 1. The van der Waals surface area contributed by atoms with Gasteiger partial charge in [0.05, 0.1) is 24.2 Å². The summed E-state index contributed by atoms with van der Waals surface area (Å²) < 4.78 is 7.76. The second-order valence-electron chi connectivity index (χ2n) is 7.58. The molecule has 2 aromatic carbocycles. The van der Waals surface area contributed by atoms with Crippen LogP contribution in [0.2, 0.25) is 0 Å². The maximum Gasteiger partial charge on any atom is 0.230 e. The van der Waals surface area contributed by atoms with Crippen LogP contribution in [0.25, 0.3) is 5.69 Å². The van der Waals surface area contributed by atoms with Crippen molar-refractivity contribution in [3.8, 4) is 5.69 Å². The lowest BCUT2D eigenvalue weighted by atomic mass is 10.2. The van der Waals surface area contributed by atoms with Crippen molar-refractivity contribution in [3.63, 3.8) is 0 Å². The van der Waals surface area contributed by atoms with E-state index >= 15 is 0 Å². The van der Waals surface area contributed by atoms with Crippen molar-refractivity contribution in [2.75, 3.05) is 32.0 Å². The fourth-order valence-corrected chi connectivity index (χ4v) is 4.37. The number of para-hydroxylation sites is 1. The van der Waals surface area contributed by atoms with Crippen molar-refractivity contribution in [2.24, 2.45) is 0 Å². The topological polar surface area (TPSA) is 72.3 Å². The van der Waals surface area contributed by atoms with E-state index in [1.54, 1.807) is 6.33 Å². The molecule has 1 atom stereocenters. The minimum atomic E-state index is -0.0342. The van der Waals surface area contributed by atoms with E-state index in [2.05, 4.69) is 44.7 Å². The lowest BCUT2D eigenvalue weighted by Gasteiger charge is -2.33. The average molecular weight is 438 g/mol. The lowest BCUT2D eigenvalue weighted by molar-refractivity contribution is -0.119. The molecule has 1 N–H and O–H groups in total. The summed E-state index contributed by atoms with van der Waals surface area (Å²) >= 11 is 1.38. The number of thioether (sulfide) groups is 1. The minimum Gasteiger partial charge on any atom is -0.374 e. The summed E-state index contributed by atoms with van der Waals surface area (Å²) in [4.78, 5) is 14.8. The molecule has 7 nitrogen and oxygen atoms in total. The zero-order chi connectivity index (χ0) is 21.5. The molecule has 0 aliphatic carbocycles. The van der Waals surface area contributed by atoms with Crippen molar-refractivity contribution < 1.29 is 9.53 Å². The molecule has 1 aromatic heterocycles. The Labute approximate surface area is 186 Å². The Morgan fingerprint density at radius 1 is 1.19 bits per heavy atom. The fraction of sp³-hybridized carbons (Fsp3) is 0.348. The van der Waals surface area contributed by atoms with Crippen LogP contribution in [0.15, 0.2) is 66.1 Å². The van der Waals surface area contributed by atoms with Crippen LogP contribution in [0.4, 0.5) is 0 Å². The molecule has 162 valence electrons. The van der Waals surface area contributed by atoms with Crippen LogP contribution in [0, 0.1) is 6.92 Å². The fourth-order valence-electron chi connectivity index (χ4n) is 3.62. The molecule has 1 saturated heterocycles. The smallest absolute Gasteiger partial charge is 0.230 e. The summed E-state index contributed by atoms with van der Waals surface area (Å²) in [5, 5.41) is 11.9. The summed E-state index contributed by atoms with van der Waals surface area (Å²) in [7, 11) is 0. The number of aromatic nitrogens is 3. The van der Waals surface area contributed by atoms with Gasteiger partial charge in [0.2, 0.25) is 5.91 Å². The van der Waals surface area contributed by atoms with Gasteiger partial charge in [0.1, 0.15) is 6.33 Å². The highest BCUT2D eigenvalue weighted by Gasteiger charge is 2.21. The third kappa shape index (κ3) is 5.94. The molecule has 3 aromatic rings. The second-order valence-corrected chi connectivity index (χ2v) is 8.52. The van der Waals surface area contributed by atoms with Crippen LogP contribution in [-0.2, 0) is 16.1 Å². The maximum absolute atomic E-state index is 12.4. The van der Waals surface area contributed by atoms with E-state index in [9.17, 15) is 4.79 Å². The quantitative estimate of drug-likeness (QED) is 0.547. The van der Waals surface area contributed by atoms with Gasteiger partial charge in [0.15, 0.2) is 5.16 Å². The Kier molecular flexibility index (Phi) is 7.35. The summed E-state index contributed by atoms with van der Waals surface area (Å²) in [6.07, 6.45) is 1.68. The number of benzene rings is 2. The minimum absolute atomic E-state index is 0.00188. The number of nitrogens with zero attached hydrogens (tertiary/aromatic N) is 4. The number of nitrogens with one attached hydrogen (secondary N) is 1. The largest absolute Gasteiger partial charge is 0.374 e. The van der Waals surface area contributed by atoms with Gasteiger partial charge in [-0.2, -0.15) is 0 Å². The zero-order valence-corrected chi connectivity index (χ0v) is 18.4. The molecular weight excluding hydrogens is 410 g/mol. The summed E-state index contributed by atoms with van der Waals surface area (Å²) in [6.45, 7) is 5.85. The molecule has 1 fully saturated rings. The second kappa shape index (κ2) is 10.6. The van der Waals surface area contributed by atoms with E-state index in [1.165, 1.54) is 17.3 Å². The van der Waals surface area contributed by atoms with E-state index in [0.29, 0.717) is 18.3 Å². The van der Waals surface area contributed by atoms with Crippen LogP contribution in [-0.4, -0.2) is 63.7 Å². The van der Waals surface area contributed by atoms with Crippen molar-refractivity contribution in [1.29, 1.82) is 0 Å². The molecule has 31 heavy (non-hydrogen) atoms. The van der Waals surface area contributed by atoms with Crippen LogP contribution in [0.1, 0.15) is 11.1 Å². The normalized spacial score (nSPS) is 16.9. The third-order valence-corrected chi connectivity index (χ3v) is 6.17. The van der Waals surface area contributed by atoms with Crippen molar-refractivity contribution in [3.05, 3.63) is 72.1 Å². The van der Waals surface area contributed by atoms with E-state index in [4.69, 9.17) is 4.74 Å². The molecule has 1 amide bonds. The number of hydrogen-bond donors (Lipinski definition) is 1. The van der Waals surface area contributed by atoms with Gasteiger partial charge in [-0.15, -0.1) is 10.2 Å². The van der Waals surface area contributed by atoms with E-state index < -0.39 is 0 Å². The Bertz CT molecular complexity index is 994. The van der Waals surface area contributed by atoms with Gasteiger partial charge in [0.25, 0.3) is 0 Å². The number of aryl methyl sites for hydroxylation is 1. The van der Waals surface area contributed by atoms with Gasteiger partial charge in [-0.3, -0.25) is 14.3 Å². The van der Waals surface area contributed by atoms with E-state index in [1.807, 2.05) is 41.8 Å². The first-order valence-electron chi connectivity index (χ1n) is 10.4. The van der Waals surface area contributed by atoms with Gasteiger partial charge in [0, 0.05) is 26.2 Å². The molecule has 1 aliphatic rings. The van der Waals surface area contributed by atoms with Gasteiger partial charge < -0.3 is 10.1 Å². The molecule has 4 rings (SSSR count). The highest BCUT2D eigenvalue weighted by Crippen LogP contribution is 2.21. The van der Waals surface area contributed by atoms with E-state index in [-0.39, 0.29) is 17.8 Å². The number of rotatable bonds is 8. The van der Waals surface area contributed by atoms with Crippen molar-refractivity contribution in [2.45, 2.75) is 24.7 Å². The van der Waals surface area contributed by atoms with Crippen LogP contribution in [0.3, 0.4) is 0 Å². The molecule has 0 saturated carbocycles. The lowest BCUT2D eigenvalue weighted by Crippen LogP contribution is -2.47. The highest BCUT2D eigenvalue weighted by molar-refractivity contribution is 7.99. The van der Waals surface area contributed by atoms with Crippen LogP contribution >= 0.6 is 11.8 Å². The maximum atomic E-state index is 12.4. The summed E-state index contributed by atoms with van der Waals surface area (Å²) in [5.74, 6) is 0.249. The standard InChI is InChI=1S/C23H27N5O2S/c1-18-7-5-6-10-21(18)28-17-25-26-23(28)31-16-22(29)24-13-20-15-27(11-12-30-20)14-19-8-3-2-4-9-19/h2-10,17,20H,11-16H2,1H3,(H,24,29)/t20-/m0/s1. The highest BCUT2D eigenvalue weighted by atomic mass is 32.2. The van der Waals surface area contributed by atoms with Crippen LogP contribution in [0.5, 0.6) is 0 Å². The zero-order valence-electron chi connectivity index (χ0n) is 17.6. The monoisotopic (exact) mass is 437 g/mol. The molecular formula is C23H27N5O2S. The van der Waals surface area contributed by atoms with Crippen molar-refractivity contribution in [1.82, 2.24) is 25.0 Å². The predicted octanol–water partition coefficient (Wildman–Crippen LogP) is 2.69. The molecule has 0 radical (unpaired) electrons. The summed E-state index contributed by atoms with van der Waals surface area (Å²) in [6, 6.07) is 18.5. The Balaban J connectivity index is 1.24. The van der Waals surface area contributed by atoms with Gasteiger partial charge in [-0.05, 0) is 24.1 Å². The Hall–Kier alpha value is -2.68. The van der Waals surface area contributed by atoms with E-state index in [0.717, 1.165) is 30.9 Å². The number of amides is 1. The Morgan fingerprint density at radius 2 is 2.00 bits per heavy atom. The first-order valence-corrected chi connectivity index (χ1v) is 11.4. The SMILES string of the molecule is Cc1ccccc1-n1cnnc1SCC(=O)NC[C@H]1CN(Cc2ccccc2)CCO1. The molecule has 8 heteroatoms. The first kappa shape index (κ1) is 21.5. The Morgan fingerprint density at radius 3 is 2.84 bits per heavy atom.